The molecular weight excluding hydrogens is 369 g/mol. The number of ether oxygens (including phenoxy) is 1. The summed E-state index contributed by atoms with van der Waals surface area (Å²) in [6.07, 6.45) is 0.377. The average molecular weight is 390 g/mol. The van der Waals surface area contributed by atoms with Gasteiger partial charge in [0.25, 0.3) is 0 Å². The van der Waals surface area contributed by atoms with Crippen LogP contribution >= 0.6 is 0 Å². The zero-order chi connectivity index (χ0) is 20.1. The van der Waals surface area contributed by atoms with Crippen molar-refractivity contribution in [3.63, 3.8) is 0 Å². The highest BCUT2D eigenvalue weighted by Gasteiger charge is 2.34. The first-order valence-corrected chi connectivity index (χ1v) is 9.13. The van der Waals surface area contributed by atoms with Crippen LogP contribution in [0.15, 0.2) is 36.7 Å². The lowest BCUT2D eigenvalue weighted by molar-refractivity contribution is -0.141. The average Bonchev–Trinajstić information content (AvgIpc) is 2.72. The molecule has 148 valence electrons. The highest BCUT2D eigenvalue weighted by Crippen LogP contribution is 2.34. The van der Waals surface area contributed by atoms with Crippen LogP contribution in [0.25, 0.3) is 0 Å². The summed E-state index contributed by atoms with van der Waals surface area (Å²) >= 11 is 0. The van der Waals surface area contributed by atoms with Gasteiger partial charge in [0, 0.05) is 32.2 Å². The van der Waals surface area contributed by atoms with Gasteiger partial charge in [0.05, 0.1) is 11.6 Å². The second-order valence-corrected chi connectivity index (χ2v) is 6.85. The molecule has 2 aromatic rings. The van der Waals surface area contributed by atoms with Crippen molar-refractivity contribution in [3.05, 3.63) is 53.5 Å². The van der Waals surface area contributed by atoms with Gasteiger partial charge < -0.3 is 9.64 Å². The van der Waals surface area contributed by atoms with E-state index in [-0.39, 0.29) is 23.3 Å². The molecule has 0 unspecified atom stereocenters. The molecule has 28 heavy (non-hydrogen) atoms. The molecule has 5 nitrogen and oxygen atoms in total. The van der Waals surface area contributed by atoms with Gasteiger partial charge in [-0.15, -0.1) is 0 Å². The maximum atomic E-state index is 13.3. The molecule has 0 radical (unpaired) electrons. The van der Waals surface area contributed by atoms with Crippen molar-refractivity contribution < 1.29 is 17.9 Å². The molecule has 0 saturated carbocycles. The van der Waals surface area contributed by atoms with Crippen molar-refractivity contribution in [3.8, 4) is 6.07 Å². The van der Waals surface area contributed by atoms with Gasteiger partial charge in [-0.2, -0.15) is 18.4 Å². The van der Waals surface area contributed by atoms with Gasteiger partial charge >= 0.3 is 6.18 Å². The maximum absolute atomic E-state index is 13.3. The van der Waals surface area contributed by atoms with Gasteiger partial charge in [-0.05, 0) is 49.4 Å². The van der Waals surface area contributed by atoms with Crippen LogP contribution in [0.1, 0.15) is 42.6 Å². The first kappa shape index (κ1) is 20.1. The minimum Gasteiger partial charge on any atom is -0.381 e. The number of halogens is 3. The van der Waals surface area contributed by atoms with E-state index in [1.807, 2.05) is 19.1 Å². The molecule has 0 aliphatic carbocycles. The monoisotopic (exact) mass is 390 g/mol. The number of hydrogen-bond acceptors (Lipinski definition) is 5. The third kappa shape index (κ3) is 4.60. The van der Waals surface area contributed by atoms with E-state index in [0.717, 1.165) is 24.5 Å². The first-order valence-electron chi connectivity index (χ1n) is 9.13. The normalized spacial score (nSPS) is 16.4. The fraction of sp³-hybridized carbons (Fsp3) is 0.450. The van der Waals surface area contributed by atoms with Crippen molar-refractivity contribution in [1.82, 2.24) is 9.97 Å². The van der Waals surface area contributed by atoms with Crippen molar-refractivity contribution in [2.75, 3.05) is 24.7 Å². The number of anilines is 1. The number of hydrogen-bond donors (Lipinski definition) is 0. The van der Waals surface area contributed by atoms with E-state index in [9.17, 15) is 18.4 Å². The van der Waals surface area contributed by atoms with Crippen LogP contribution in [0, 0.1) is 17.2 Å². The van der Waals surface area contributed by atoms with Gasteiger partial charge in [-0.25, -0.2) is 4.98 Å². The largest absolute Gasteiger partial charge is 0.433 e. The van der Waals surface area contributed by atoms with Crippen LogP contribution < -0.4 is 4.90 Å². The Hall–Kier alpha value is -2.66. The smallest absolute Gasteiger partial charge is 0.381 e. The maximum Gasteiger partial charge on any atom is 0.433 e. The fourth-order valence-electron chi connectivity index (χ4n) is 3.35. The van der Waals surface area contributed by atoms with Crippen LogP contribution in [0.4, 0.5) is 19.0 Å². The number of alkyl halides is 3. The minimum atomic E-state index is -4.58. The fourth-order valence-corrected chi connectivity index (χ4v) is 3.35. The Kier molecular flexibility index (Phi) is 6.15. The summed E-state index contributed by atoms with van der Waals surface area (Å²) in [5.41, 5.74) is -0.0367. The SMILES string of the molecule is C[C@H](c1cccnc1)N(CC1CCOCC1)c1nc(C(F)(F)F)ccc1C#N. The summed E-state index contributed by atoms with van der Waals surface area (Å²) in [5, 5.41) is 9.49. The van der Waals surface area contributed by atoms with E-state index in [1.54, 1.807) is 23.4 Å². The summed E-state index contributed by atoms with van der Waals surface area (Å²) in [5.74, 6) is 0.302. The summed E-state index contributed by atoms with van der Waals surface area (Å²) < 4.78 is 45.2. The van der Waals surface area contributed by atoms with Gasteiger partial charge in [-0.1, -0.05) is 6.07 Å². The van der Waals surface area contributed by atoms with Gasteiger partial charge in [0.15, 0.2) is 0 Å². The van der Waals surface area contributed by atoms with Crippen molar-refractivity contribution in [1.29, 1.82) is 5.26 Å². The lowest BCUT2D eigenvalue weighted by Gasteiger charge is -2.35. The molecule has 1 aliphatic rings. The molecule has 0 amide bonds. The Morgan fingerprint density at radius 2 is 2.04 bits per heavy atom. The zero-order valence-electron chi connectivity index (χ0n) is 15.5. The molecule has 0 aromatic carbocycles. The predicted octanol–water partition coefficient (Wildman–Crippen LogP) is 4.36. The molecule has 1 aliphatic heterocycles. The minimum absolute atomic E-state index is 0.0557. The van der Waals surface area contributed by atoms with Crippen LogP contribution in [0.2, 0.25) is 0 Å². The Labute approximate surface area is 161 Å². The molecule has 0 spiro atoms. The standard InChI is InChI=1S/C20H21F3N4O/c1-14(17-3-2-8-25-12-17)27(13-15-6-9-28-10-7-15)19-16(11-24)4-5-18(26-19)20(21,22)23/h2-5,8,12,14-15H,6-7,9-10,13H2,1H3/t14-/m1/s1. The van der Waals surface area contributed by atoms with Crippen molar-refractivity contribution in [2.24, 2.45) is 5.92 Å². The highest BCUT2D eigenvalue weighted by molar-refractivity contribution is 5.56. The lowest BCUT2D eigenvalue weighted by Crippen LogP contribution is -2.36. The molecule has 0 bridgehead atoms. The molecule has 3 rings (SSSR count). The van der Waals surface area contributed by atoms with Gasteiger partial charge in [-0.3, -0.25) is 4.98 Å². The molecule has 2 aromatic heterocycles. The number of nitriles is 1. The van der Waals surface area contributed by atoms with E-state index in [1.165, 1.54) is 6.07 Å². The third-order valence-electron chi connectivity index (χ3n) is 4.99. The van der Waals surface area contributed by atoms with Crippen LogP contribution in [-0.2, 0) is 10.9 Å². The van der Waals surface area contributed by atoms with E-state index in [4.69, 9.17) is 4.74 Å². The molecule has 3 heterocycles. The lowest BCUT2D eigenvalue weighted by atomic mass is 9.97. The predicted molar refractivity (Wildman–Crippen MR) is 97.5 cm³/mol. The zero-order valence-corrected chi connectivity index (χ0v) is 15.5. The number of rotatable bonds is 5. The molecule has 1 atom stereocenters. The Balaban J connectivity index is 2.03. The van der Waals surface area contributed by atoms with E-state index < -0.39 is 11.9 Å². The molecule has 8 heteroatoms. The highest BCUT2D eigenvalue weighted by atomic mass is 19.4. The summed E-state index contributed by atoms with van der Waals surface area (Å²) in [6.45, 7) is 3.63. The molecular formula is C20H21F3N4O. The van der Waals surface area contributed by atoms with Crippen molar-refractivity contribution in [2.45, 2.75) is 32.0 Å². The Bertz CT molecular complexity index is 830. The van der Waals surface area contributed by atoms with Gasteiger partial charge in [0.1, 0.15) is 17.6 Å². The summed E-state index contributed by atoms with van der Waals surface area (Å²) in [6, 6.07) is 7.39. The van der Waals surface area contributed by atoms with E-state index in [2.05, 4.69) is 9.97 Å². The van der Waals surface area contributed by atoms with Crippen molar-refractivity contribution >= 4 is 5.82 Å². The van der Waals surface area contributed by atoms with Gasteiger partial charge in [0.2, 0.25) is 0 Å². The molecule has 1 fully saturated rings. The number of aromatic nitrogens is 2. The molecule has 1 saturated heterocycles. The number of pyridine rings is 2. The molecule has 0 N–H and O–H groups in total. The summed E-state index contributed by atoms with van der Waals surface area (Å²) in [7, 11) is 0. The quantitative estimate of drug-likeness (QED) is 0.759. The number of nitrogens with zero attached hydrogens (tertiary/aromatic N) is 4. The van der Waals surface area contributed by atoms with Crippen LogP contribution in [0.3, 0.4) is 0 Å². The second-order valence-electron chi connectivity index (χ2n) is 6.85. The topological polar surface area (TPSA) is 62.0 Å². The summed E-state index contributed by atoms with van der Waals surface area (Å²) in [4.78, 5) is 9.76. The van der Waals surface area contributed by atoms with Crippen LogP contribution in [0.5, 0.6) is 0 Å². The Morgan fingerprint density at radius 3 is 2.64 bits per heavy atom. The third-order valence-corrected chi connectivity index (χ3v) is 4.99. The van der Waals surface area contributed by atoms with E-state index >= 15 is 0 Å². The second kappa shape index (κ2) is 8.57. The van der Waals surface area contributed by atoms with E-state index in [0.29, 0.717) is 19.8 Å². The first-order chi connectivity index (χ1) is 13.4. The van der Waals surface area contributed by atoms with Crippen LogP contribution in [-0.4, -0.2) is 29.7 Å². The Morgan fingerprint density at radius 1 is 1.29 bits per heavy atom.